The molecule has 4 rings (SSSR count). The summed E-state index contributed by atoms with van der Waals surface area (Å²) in [5, 5.41) is 8.76. The van der Waals surface area contributed by atoms with Gasteiger partial charge in [0.15, 0.2) is 0 Å². The lowest BCUT2D eigenvalue weighted by atomic mass is 10.0. The number of para-hydroxylation sites is 1. The van der Waals surface area contributed by atoms with Gasteiger partial charge in [-0.1, -0.05) is 60.2 Å². The van der Waals surface area contributed by atoms with E-state index in [1.165, 1.54) is 5.56 Å². The molecule has 0 unspecified atom stereocenters. The number of carbonyl (C=O) groups is 2. The molecule has 1 saturated carbocycles. The molecule has 0 aliphatic heterocycles. The fourth-order valence-electron chi connectivity index (χ4n) is 4.17. The third-order valence-corrected chi connectivity index (χ3v) is 6.37. The molecule has 0 atom stereocenters. The van der Waals surface area contributed by atoms with Crippen LogP contribution in [0.25, 0.3) is 11.1 Å². The van der Waals surface area contributed by atoms with E-state index in [-0.39, 0.29) is 18.4 Å². The summed E-state index contributed by atoms with van der Waals surface area (Å²) >= 11 is 0. The van der Waals surface area contributed by atoms with Crippen LogP contribution in [0.15, 0.2) is 72.8 Å². The average molecular weight is 472 g/mol. The molecule has 1 fully saturated rings. The van der Waals surface area contributed by atoms with Crippen molar-refractivity contribution in [2.24, 2.45) is 0 Å². The normalized spacial score (nSPS) is 12.8. The molecule has 0 aromatic heterocycles. The maximum atomic E-state index is 13.5. The Morgan fingerprint density at radius 3 is 2.20 bits per heavy atom. The van der Waals surface area contributed by atoms with E-state index in [2.05, 4.69) is 31.2 Å². The number of rotatable bonds is 12. The molecule has 1 N–H and O–H groups in total. The summed E-state index contributed by atoms with van der Waals surface area (Å²) in [4.78, 5) is 26.1. The molecule has 5 heteroatoms. The van der Waals surface area contributed by atoms with Crippen molar-refractivity contribution in [1.29, 1.82) is 0 Å². The van der Waals surface area contributed by atoms with Crippen molar-refractivity contribution in [2.75, 3.05) is 6.61 Å². The zero-order valence-corrected chi connectivity index (χ0v) is 20.3. The van der Waals surface area contributed by atoms with Gasteiger partial charge in [0.05, 0.1) is 6.61 Å². The summed E-state index contributed by atoms with van der Waals surface area (Å²) in [7, 11) is 0. The maximum absolute atomic E-state index is 13.5. The van der Waals surface area contributed by atoms with Gasteiger partial charge in [0.2, 0.25) is 0 Å². The van der Waals surface area contributed by atoms with Crippen molar-refractivity contribution in [3.8, 4) is 16.9 Å². The number of unbranched alkanes of at least 4 members (excludes halogenated alkanes) is 2. The van der Waals surface area contributed by atoms with E-state index in [0.29, 0.717) is 25.1 Å². The van der Waals surface area contributed by atoms with Crippen molar-refractivity contribution < 1.29 is 19.4 Å². The number of nitrogens with zero attached hydrogens (tertiary/aromatic N) is 1. The van der Waals surface area contributed by atoms with E-state index in [9.17, 15) is 9.59 Å². The van der Waals surface area contributed by atoms with Crippen LogP contribution in [0, 0.1) is 6.92 Å². The van der Waals surface area contributed by atoms with Gasteiger partial charge in [-0.15, -0.1) is 0 Å². The van der Waals surface area contributed by atoms with E-state index in [4.69, 9.17) is 9.84 Å². The second kappa shape index (κ2) is 11.7. The SMILES string of the molecule is Cc1ccc(-c2ccc(C(=O)N(Cc3ccccc3OCCCCCC(=O)O)C3CC3)cc2)cc1. The molecule has 0 heterocycles. The summed E-state index contributed by atoms with van der Waals surface area (Å²) in [6, 6.07) is 24.4. The van der Waals surface area contributed by atoms with Crippen LogP contribution in [-0.2, 0) is 11.3 Å². The van der Waals surface area contributed by atoms with Gasteiger partial charge in [-0.25, -0.2) is 0 Å². The molecule has 0 spiro atoms. The van der Waals surface area contributed by atoms with Crippen LogP contribution in [-0.4, -0.2) is 34.5 Å². The van der Waals surface area contributed by atoms with Crippen LogP contribution in [0.3, 0.4) is 0 Å². The van der Waals surface area contributed by atoms with E-state index in [1.807, 2.05) is 53.4 Å². The summed E-state index contributed by atoms with van der Waals surface area (Å²) in [6.07, 6.45) is 4.54. The lowest BCUT2D eigenvalue weighted by Gasteiger charge is -2.24. The van der Waals surface area contributed by atoms with E-state index in [1.54, 1.807) is 0 Å². The Morgan fingerprint density at radius 2 is 1.54 bits per heavy atom. The van der Waals surface area contributed by atoms with Crippen molar-refractivity contribution in [1.82, 2.24) is 4.90 Å². The minimum absolute atomic E-state index is 0.0476. The minimum atomic E-state index is -0.758. The first-order valence-corrected chi connectivity index (χ1v) is 12.4. The van der Waals surface area contributed by atoms with Crippen LogP contribution in [0.2, 0.25) is 0 Å². The van der Waals surface area contributed by atoms with Gasteiger partial charge in [-0.05, 0) is 68.4 Å². The Kier molecular flexibility index (Phi) is 8.19. The van der Waals surface area contributed by atoms with Crippen LogP contribution < -0.4 is 4.74 Å². The molecule has 3 aromatic rings. The number of hydrogen-bond donors (Lipinski definition) is 1. The first kappa shape index (κ1) is 24.5. The topological polar surface area (TPSA) is 66.8 Å². The smallest absolute Gasteiger partial charge is 0.303 e. The highest BCUT2D eigenvalue weighted by atomic mass is 16.5. The zero-order chi connectivity index (χ0) is 24.6. The number of benzene rings is 3. The monoisotopic (exact) mass is 471 g/mol. The Balaban J connectivity index is 1.40. The third kappa shape index (κ3) is 6.95. The van der Waals surface area contributed by atoms with Gasteiger partial charge < -0.3 is 14.7 Å². The highest BCUT2D eigenvalue weighted by Gasteiger charge is 2.33. The van der Waals surface area contributed by atoms with Gasteiger partial charge in [0, 0.05) is 30.1 Å². The second-order valence-corrected chi connectivity index (χ2v) is 9.27. The molecule has 1 aliphatic carbocycles. The van der Waals surface area contributed by atoms with Crippen LogP contribution in [0.1, 0.15) is 60.0 Å². The first-order chi connectivity index (χ1) is 17.0. The predicted molar refractivity (Wildman–Crippen MR) is 138 cm³/mol. The fraction of sp³-hybridized carbons (Fsp3) is 0.333. The van der Waals surface area contributed by atoms with Crippen LogP contribution in [0.4, 0.5) is 0 Å². The quantitative estimate of drug-likeness (QED) is 0.307. The van der Waals surface area contributed by atoms with Crippen molar-refractivity contribution in [2.45, 2.75) is 58.0 Å². The summed E-state index contributed by atoms with van der Waals surface area (Å²) in [5.74, 6) is 0.0798. The Morgan fingerprint density at radius 1 is 0.886 bits per heavy atom. The van der Waals surface area contributed by atoms with E-state index in [0.717, 1.165) is 48.1 Å². The molecule has 1 amide bonds. The zero-order valence-electron chi connectivity index (χ0n) is 20.3. The lowest BCUT2D eigenvalue weighted by Crippen LogP contribution is -2.32. The highest BCUT2D eigenvalue weighted by Crippen LogP contribution is 2.32. The molecule has 3 aromatic carbocycles. The Bertz CT molecular complexity index is 1130. The molecule has 0 radical (unpaired) electrons. The first-order valence-electron chi connectivity index (χ1n) is 12.4. The van der Waals surface area contributed by atoms with Crippen molar-refractivity contribution >= 4 is 11.9 Å². The predicted octanol–water partition coefficient (Wildman–Crippen LogP) is 6.49. The Labute approximate surface area is 207 Å². The molecule has 1 aliphatic rings. The number of aryl methyl sites for hydroxylation is 1. The fourth-order valence-corrected chi connectivity index (χ4v) is 4.17. The lowest BCUT2D eigenvalue weighted by molar-refractivity contribution is -0.137. The minimum Gasteiger partial charge on any atom is -0.493 e. The van der Waals surface area contributed by atoms with Crippen molar-refractivity contribution in [3.63, 3.8) is 0 Å². The number of carboxylic acid groups (broad SMARTS) is 1. The van der Waals surface area contributed by atoms with E-state index < -0.39 is 5.97 Å². The third-order valence-electron chi connectivity index (χ3n) is 6.37. The largest absolute Gasteiger partial charge is 0.493 e. The van der Waals surface area contributed by atoms with Gasteiger partial charge in [0.25, 0.3) is 5.91 Å². The van der Waals surface area contributed by atoms with Crippen LogP contribution >= 0.6 is 0 Å². The molecule has 5 nitrogen and oxygen atoms in total. The number of carboxylic acids is 1. The number of ether oxygens (including phenoxy) is 1. The number of aliphatic carboxylic acids is 1. The van der Waals surface area contributed by atoms with E-state index >= 15 is 0 Å². The van der Waals surface area contributed by atoms with Crippen molar-refractivity contribution in [3.05, 3.63) is 89.5 Å². The molecular weight excluding hydrogens is 438 g/mol. The standard InChI is InChI=1S/C30H33NO4/c1-22-10-12-23(13-11-22)24-14-16-25(17-15-24)30(34)31(27-18-19-27)21-26-7-4-5-8-28(26)35-20-6-2-3-9-29(32)33/h4-5,7-8,10-17,27H,2-3,6,9,18-21H2,1H3,(H,32,33). The summed E-state index contributed by atoms with van der Waals surface area (Å²) in [5.41, 5.74) is 5.16. The van der Waals surface area contributed by atoms with Crippen LogP contribution in [0.5, 0.6) is 5.75 Å². The Hall–Kier alpha value is -3.60. The van der Waals surface area contributed by atoms with Gasteiger partial charge in [-0.3, -0.25) is 9.59 Å². The number of amides is 1. The summed E-state index contributed by atoms with van der Waals surface area (Å²) < 4.78 is 6.02. The molecular formula is C30H33NO4. The van der Waals surface area contributed by atoms with Gasteiger partial charge >= 0.3 is 5.97 Å². The van der Waals surface area contributed by atoms with Gasteiger partial charge in [-0.2, -0.15) is 0 Å². The number of carbonyl (C=O) groups excluding carboxylic acids is 1. The molecule has 182 valence electrons. The highest BCUT2D eigenvalue weighted by molar-refractivity contribution is 5.95. The van der Waals surface area contributed by atoms with Gasteiger partial charge in [0.1, 0.15) is 5.75 Å². The summed E-state index contributed by atoms with van der Waals surface area (Å²) in [6.45, 7) is 3.12. The maximum Gasteiger partial charge on any atom is 0.303 e. The average Bonchev–Trinajstić information content (AvgIpc) is 3.71. The molecule has 0 saturated heterocycles. The number of hydrogen-bond acceptors (Lipinski definition) is 3. The molecule has 0 bridgehead atoms. The second-order valence-electron chi connectivity index (χ2n) is 9.27. The molecule has 35 heavy (non-hydrogen) atoms.